The van der Waals surface area contributed by atoms with E-state index in [9.17, 15) is 0 Å². The van der Waals surface area contributed by atoms with Crippen LogP contribution in [0.1, 0.15) is 35.8 Å². The summed E-state index contributed by atoms with van der Waals surface area (Å²) < 4.78 is 2.20. The quantitative estimate of drug-likeness (QED) is 0.818. The van der Waals surface area contributed by atoms with E-state index >= 15 is 0 Å². The summed E-state index contributed by atoms with van der Waals surface area (Å²) in [5.41, 5.74) is 9.33. The predicted molar refractivity (Wildman–Crippen MR) is 65.4 cm³/mol. The van der Waals surface area contributed by atoms with Gasteiger partial charge >= 0.3 is 0 Å². The van der Waals surface area contributed by atoms with Gasteiger partial charge in [-0.2, -0.15) is 5.10 Å². The Labute approximate surface area is 97.4 Å². The number of hydrogen-bond acceptors (Lipinski definition) is 3. The fraction of sp³-hybridized carbons (Fsp3) is 0.750. The summed E-state index contributed by atoms with van der Waals surface area (Å²) in [4.78, 5) is 2.38. The molecule has 0 bridgehead atoms. The van der Waals surface area contributed by atoms with Crippen LogP contribution in [-0.4, -0.2) is 34.8 Å². The van der Waals surface area contributed by atoms with Crippen LogP contribution in [0.2, 0.25) is 0 Å². The molecule has 4 nitrogen and oxygen atoms in total. The van der Waals surface area contributed by atoms with Crippen molar-refractivity contribution in [2.45, 2.75) is 39.3 Å². The predicted octanol–water partition coefficient (Wildman–Crippen LogP) is 1.23. The lowest BCUT2D eigenvalue weighted by atomic mass is 10.1. The molecule has 0 saturated carbocycles. The maximum Gasteiger partial charge on any atom is 0.0641 e. The molecule has 0 radical (unpaired) electrons. The Morgan fingerprint density at radius 2 is 1.94 bits per heavy atom. The van der Waals surface area contributed by atoms with Gasteiger partial charge in [0.2, 0.25) is 0 Å². The first-order valence-corrected chi connectivity index (χ1v) is 6.06. The summed E-state index contributed by atoms with van der Waals surface area (Å²) in [5.74, 6) is 0. The number of aromatic nitrogens is 2. The van der Waals surface area contributed by atoms with Crippen LogP contribution in [0, 0.1) is 13.8 Å². The second-order valence-electron chi connectivity index (χ2n) is 4.83. The second-order valence-corrected chi connectivity index (χ2v) is 4.83. The van der Waals surface area contributed by atoms with Crippen molar-refractivity contribution in [2.75, 3.05) is 20.1 Å². The molecule has 2 N–H and O–H groups in total. The molecule has 2 rings (SSSR count). The standard InChI is InChI=1S/C12H22N4/c1-9-12(8-13)10(2)16(14-9)11-4-6-15(3)7-5-11/h11H,4-8,13H2,1-3H3. The zero-order valence-electron chi connectivity index (χ0n) is 10.5. The molecule has 0 aromatic carbocycles. The van der Waals surface area contributed by atoms with Gasteiger partial charge in [0.15, 0.2) is 0 Å². The molecule has 0 spiro atoms. The number of nitrogens with two attached hydrogens (primary N) is 1. The summed E-state index contributed by atoms with van der Waals surface area (Å²) in [6, 6.07) is 0.565. The van der Waals surface area contributed by atoms with E-state index in [0.29, 0.717) is 12.6 Å². The van der Waals surface area contributed by atoms with E-state index in [1.54, 1.807) is 0 Å². The van der Waals surface area contributed by atoms with Crippen LogP contribution in [0.5, 0.6) is 0 Å². The van der Waals surface area contributed by atoms with Gasteiger partial charge in [0.05, 0.1) is 11.7 Å². The Hall–Kier alpha value is -0.870. The zero-order chi connectivity index (χ0) is 11.7. The SMILES string of the molecule is Cc1nn(C2CCN(C)CC2)c(C)c1CN. The van der Waals surface area contributed by atoms with Crippen LogP contribution in [-0.2, 0) is 6.54 Å². The minimum Gasteiger partial charge on any atom is -0.326 e. The molecule has 0 amide bonds. The summed E-state index contributed by atoms with van der Waals surface area (Å²) >= 11 is 0. The summed E-state index contributed by atoms with van der Waals surface area (Å²) in [6.07, 6.45) is 2.39. The van der Waals surface area contributed by atoms with E-state index in [-0.39, 0.29) is 0 Å². The monoisotopic (exact) mass is 222 g/mol. The van der Waals surface area contributed by atoms with Crippen molar-refractivity contribution >= 4 is 0 Å². The van der Waals surface area contributed by atoms with Crippen molar-refractivity contribution in [3.05, 3.63) is 17.0 Å². The van der Waals surface area contributed by atoms with E-state index in [0.717, 1.165) is 5.69 Å². The highest BCUT2D eigenvalue weighted by Crippen LogP contribution is 2.25. The largest absolute Gasteiger partial charge is 0.326 e. The van der Waals surface area contributed by atoms with Crippen LogP contribution >= 0.6 is 0 Å². The topological polar surface area (TPSA) is 47.1 Å². The number of piperidine rings is 1. The Balaban J connectivity index is 2.21. The molecule has 1 saturated heterocycles. The van der Waals surface area contributed by atoms with E-state index in [4.69, 9.17) is 5.73 Å². The molecule has 1 fully saturated rings. The van der Waals surface area contributed by atoms with Crippen molar-refractivity contribution in [1.29, 1.82) is 0 Å². The molecular weight excluding hydrogens is 200 g/mol. The molecule has 1 aliphatic heterocycles. The molecule has 0 aliphatic carbocycles. The minimum atomic E-state index is 0.565. The fourth-order valence-corrected chi connectivity index (χ4v) is 2.59. The lowest BCUT2D eigenvalue weighted by Gasteiger charge is -2.29. The van der Waals surface area contributed by atoms with Crippen molar-refractivity contribution < 1.29 is 0 Å². The van der Waals surface area contributed by atoms with Crippen molar-refractivity contribution in [2.24, 2.45) is 5.73 Å². The van der Waals surface area contributed by atoms with Crippen LogP contribution in [0.3, 0.4) is 0 Å². The molecular formula is C12H22N4. The average Bonchev–Trinajstić information content (AvgIpc) is 2.55. The lowest BCUT2D eigenvalue weighted by molar-refractivity contribution is 0.210. The first kappa shape index (κ1) is 11.6. The summed E-state index contributed by atoms with van der Waals surface area (Å²) in [5, 5.41) is 4.65. The minimum absolute atomic E-state index is 0.565. The third-order valence-electron chi connectivity index (χ3n) is 3.71. The molecule has 90 valence electrons. The number of rotatable bonds is 2. The highest BCUT2D eigenvalue weighted by atomic mass is 15.3. The Morgan fingerprint density at radius 1 is 1.31 bits per heavy atom. The summed E-state index contributed by atoms with van der Waals surface area (Å²) in [7, 11) is 2.18. The van der Waals surface area contributed by atoms with E-state index < -0.39 is 0 Å². The van der Waals surface area contributed by atoms with Crippen LogP contribution in [0.25, 0.3) is 0 Å². The van der Waals surface area contributed by atoms with E-state index in [2.05, 4.69) is 35.6 Å². The van der Waals surface area contributed by atoms with Crippen molar-refractivity contribution in [1.82, 2.24) is 14.7 Å². The zero-order valence-corrected chi connectivity index (χ0v) is 10.5. The summed E-state index contributed by atoms with van der Waals surface area (Å²) in [6.45, 7) is 7.13. The molecule has 16 heavy (non-hydrogen) atoms. The maximum absolute atomic E-state index is 5.75. The van der Waals surface area contributed by atoms with Gasteiger partial charge in [-0.1, -0.05) is 0 Å². The average molecular weight is 222 g/mol. The smallest absolute Gasteiger partial charge is 0.0641 e. The van der Waals surface area contributed by atoms with Crippen LogP contribution in [0.4, 0.5) is 0 Å². The molecule has 1 aromatic heterocycles. The third-order valence-corrected chi connectivity index (χ3v) is 3.71. The number of nitrogens with zero attached hydrogens (tertiary/aromatic N) is 3. The Kier molecular flexibility index (Phi) is 3.30. The maximum atomic E-state index is 5.75. The molecule has 0 unspecified atom stereocenters. The third kappa shape index (κ3) is 1.99. The van der Waals surface area contributed by atoms with Gasteiger partial charge in [-0.25, -0.2) is 0 Å². The first-order valence-electron chi connectivity index (χ1n) is 6.06. The van der Waals surface area contributed by atoms with Crippen molar-refractivity contribution in [3.63, 3.8) is 0 Å². The molecule has 2 heterocycles. The molecule has 0 atom stereocenters. The van der Waals surface area contributed by atoms with Gasteiger partial charge in [0, 0.05) is 17.8 Å². The normalized spacial score (nSPS) is 19.2. The van der Waals surface area contributed by atoms with Gasteiger partial charge in [0.1, 0.15) is 0 Å². The highest BCUT2D eigenvalue weighted by molar-refractivity contribution is 5.24. The second kappa shape index (κ2) is 4.55. The van der Waals surface area contributed by atoms with Gasteiger partial charge in [-0.3, -0.25) is 4.68 Å². The van der Waals surface area contributed by atoms with E-state index in [1.165, 1.54) is 37.2 Å². The first-order chi connectivity index (χ1) is 7.63. The number of aryl methyl sites for hydroxylation is 1. The van der Waals surface area contributed by atoms with Crippen molar-refractivity contribution in [3.8, 4) is 0 Å². The van der Waals surface area contributed by atoms with Gasteiger partial charge in [-0.15, -0.1) is 0 Å². The van der Waals surface area contributed by atoms with Gasteiger partial charge in [0.25, 0.3) is 0 Å². The van der Waals surface area contributed by atoms with Crippen LogP contribution in [0.15, 0.2) is 0 Å². The Bertz CT molecular complexity index is 361. The molecule has 1 aromatic rings. The Morgan fingerprint density at radius 3 is 2.44 bits per heavy atom. The van der Waals surface area contributed by atoms with Gasteiger partial charge in [-0.05, 0) is 46.8 Å². The molecule has 1 aliphatic rings. The lowest BCUT2D eigenvalue weighted by Crippen LogP contribution is -2.32. The fourth-order valence-electron chi connectivity index (χ4n) is 2.59. The number of likely N-dealkylation sites (tertiary alicyclic amines) is 1. The van der Waals surface area contributed by atoms with E-state index in [1.807, 2.05) is 0 Å². The molecule has 4 heteroatoms. The van der Waals surface area contributed by atoms with Crippen LogP contribution < -0.4 is 5.73 Å². The highest BCUT2D eigenvalue weighted by Gasteiger charge is 2.22. The number of hydrogen-bond donors (Lipinski definition) is 1. The van der Waals surface area contributed by atoms with Gasteiger partial charge < -0.3 is 10.6 Å².